The molecule has 0 bridgehead atoms. The van der Waals surface area contributed by atoms with Gasteiger partial charge in [0.15, 0.2) is 23.0 Å². The van der Waals surface area contributed by atoms with Crippen molar-refractivity contribution in [1.82, 2.24) is 24.1 Å². The molecule has 0 aliphatic carbocycles. The number of nitrogens with zero attached hydrogens (tertiary/aromatic N) is 7. The smallest absolute Gasteiger partial charge is 0.285 e. The van der Waals surface area contributed by atoms with Crippen molar-refractivity contribution in [2.75, 3.05) is 17.2 Å². The minimum absolute atomic E-state index is 0.0634. The first-order valence-corrected chi connectivity index (χ1v) is 9.65. The highest BCUT2D eigenvalue weighted by Crippen LogP contribution is 2.38. The number of rotatable bonds is 3. The molecular formula is C21H17FN8O. The summed E-state index contributed by atoms with van der Waals surface area (Å²) in [6, 6.07) is 11.9. The molecule has 1 aliphatic heterocycles. The van der Waals surface area contributed by atoms with Crippen LogP contribution in [-0.4, -0.2) is 30.7 Å². The average molecular weight is 416 g/mol. The number of nitrogens with two attached hydrogens (primary N) is 1. The minimum Gasteiger partial charge on any atom is -0.368 e. The molecule has 9 nitrogen and oxygen atoms in total. The van der Waals surface area contributed by atoms with Gasteiger partial charge in [-0.2, -0.15) is 15.3 Å². The quantitative estimate of drug-likeness (QED) is 0.543. The van der Waals surface area contributed by atoms with Crippen molar-refractivity contribution in [3.63, 3.8) is 0 Å². The predicted molar refractivity (Wildman–Crippen MR) is 111 cm³/mol. The van der Waals surface area contributed by atoms with Crippen LogP contribution in [0.5, 0.6) is 0 Å². The fourth-order valence-electron chi connectivity index (χ4n) is 3.92. The first-order chi connectivity index (χ1) is 15.0. The summed E-state index contributed by atoms with van der Waals surface area (Å²) in [5, 5.41) is 14.2. The van der Waals surface area contributed by atoms with Crippen LogP contribution in [0.1, 0.15) is 29.5 Å². The van der Waals surface area contributed by atoms with Crippen LogP contribution in [0.2, 0.25) is 0 Å². The van der Waals surface area contributed by atoms with Gasteiger partial charge < -0.3 is 10.6 Å². The number of aromatic nitrogens is 5. The monoisotopic (exact) mass is 416 g/mol. The molecule has 4 aromatic rings. The molecule has 0 radical (unpaired) electrons. The standard InChI is InChI=1S/C21H17FN8O/c1-12-14(11-23)18(26-21(24)25-12)28-9-8-16(28)19-27-29-10-7-15(22)17(29)20(31)30(19)13-5-3-2-4-6-13/h2-7,10,16H,8-9H2,1H3,(H2,24,25,26)/t16-/m0/s1. The molecule has 1 fully saturated rings. The molecule has 5 rings (SSSR count). The molecule has 1 aliphatic rings. The Morgan fingerprint density at radius 1 is 1.23 bits per heavy atom. The van der Waals surface area contributed by atoms with Crippen LogP contribution in [0.4, 0.5) is 16.2 Å². The van der Waals surface area contributed by atoms with E-state index in [2.05, 4.69) is 21.1 Å². The van der Waals surface area contributed by atoms with Crippen LogP contribution in [0.3, 0.4) is 0 Å². The summed E-state index contributed by atoms with van der Waals surface area (Å²) in [6.07, 6.45) is 2.09. The van der Waals surface area contributed by atoms with Gasteiger partial charge >= 0.3 is 0 Å². The number of nitriles is 1. The molecule has 3 aromatic heterocycles. The molecule has 10 heteroatoms. The lowest BCUT2D eigenvalue weighted by molar-refractivity contribution is 0.422. The number of hydrogen-bond acceptors (Lipinski definition) is 7. The Morgan fingerprint density at radius 2 is 2.00 bits per heavy atom. The second-order valence-electron chi connectivity index (χ2n) is 7.27. The third kappa shape index (κ3) is 2.82. The lowest BCUT2D eigenvalue weighted by atomic mass is 10.0. The van der Waals surface area contributed by atoms with E-state index in [9.17, 15) is 14.4 Å². The Morgan fingerprint density at radius 3 is 2.68 bits per heavy atom. The highest BCUT2D eigenvalue weighted by atomic mass is 19.1. The number of halogens is 1. The maximum absolute atomic E-state index is 14.3. The van der Waals surface area contributed by atoms with E-state index in [4.69, 9.17) is 5.73 Å². The van der Waals surface area contributed by atoms with Gasteiger partial charge in [-0.05, 0) is 31.5 Å². The van der Waals surface area contributed by atoms with Gasteiger partial charge in [-0.25, -0.2) is 13.9 Å². The number of hydrogen-bond donors (Lipinski definition) is 1. The third-order valence-electron chi connectivity index (χ3n) is 5.47. The summed E-state index contributed by atoms with van der Waals surface area (Å²) in [5.74, 6) is 0.249. The maximum Gasteiger partial charge on any atom is 0.285 e. The molecule has 154 valence electrons. The van der Waals surface area contributed by atoms with Gasteiger partial charge in [0.05, 0.1) is 17.4 Å². The van der Waals surface area contributed by atoms with Crippen LogP contribution in [0.15, 0.2) is 47.4 Å². The number of nitrogen functional groups attached to an aromatic ring is 1. The minimum atomic E-state index is -0.634. The lowest BCUT2D eigenvalue weighted by Gasteiger charge is -2.42. The molecule has 1 atom stereocenters. The van der Waals surface area contributed by atoms with Crippen molar-refractivity contribution in [3.8, 4) is 11.8 Å². The summed E-state index contributed by atoms with van der Waals surface area (Å²) in [4.78, 5) is 23.5. The van der Waals surface area contributed by atoms with Gasteiger partial charge in [0.25, 0.3) is 5.56 Å². The number of para-hydroxylation sites is 1. The van der Waals surface area contributed by atoms with Gasteiger partial charge in [-0.1, -0.05) is 18.2 Å². The van der Waals surface area contributed by atoms with Gasteiger partial charge in [-0.15, -0.1) is 0 Å². The molecule has 0 amide bonds. The summed E-state index contributed by atoms with van der Waals surface area (Å²) in [7, 11) is 0. The fraction of sp³-hybridized carbons (Fsp3) is 0.190. The van der Waals surface area contributed by atoms with Crippen molar-refractivity contribution < 1.29 is 4.39 Å². The van der Waals surface area contributed by atoms with E-state index in [1.165, 1.54) is 21.3 Å². The molecule has 2 N–H and O–H groups in total. The van der Waals surface area contributed by atoms with Crippen molar-refractivity contribution in [2.24, 2.45) is 0 Å². The van der Waals surface area contributed by atoms with E-state index < -0.39 is 11.4 Å². The normalized spacial score (nSPS) is 15.6. The van der Waals surface area contributed by atoms with Crippen molar-refractivity contribution in [1.29, 1.82) is 5.26 Å². The average Bonchev–Trinajstić information content (AvgIpc) is 3.09. The molecule has 4 heterocycles. The zero-order chi connectivity index (χ0) is 21.7. The fourth-order valence-corrected chi connectivity index (χ4v) is 3.92. The second kappa shape index (κ2) is 6.91. The van der Waals surface area contributed by atoms with Crippen LogP contribution < -0.4 is 16.2 Å². The highest BCUT2D eigenvalue weighted by Gasteiger charge is 2.37. The molecule has 0 unspecified atom stereocenters. The van der Waals surface area contributed by atoms with Crippen LogP contribution >= 0.6 is 0 Å². The third-order valence-corrected chi connectivity index (χ3v) is 5.47. The Kier molecular flexibility index (Phi) is 4.18. The molecule has 31 heavy (non-hydrogen) atoms. The van der Waals surface area contributed by atoms with Crippen LogP contribution in [0, 0.1) is 24.1 Å². The van der Waals surface area contributed by atoms with Gasteiger partial charge in [0, 0.05) is 12.7 Å². The first kappa shape index (κ1) is 18.7. The molecule has 0 spiro atoms. The lowest BCUT2D eigenvalue weighted by Crippen LogP contribution is -2.45. The molecular weight excluding hydrogens is 399 g/mol. The van der Waals surface area contributed by atoms with E-state index in [1.54, 1.807) is 31.2 Å². The number of fused-ring (bicyclic) bond motifs is 1. The Bertz CT molecular complexity index is 1420. The summed E-state index contributed by atoms with van der Waals surface area (Å²) in [6.45, 7) is 2.29. The molecule has 1 saturated heterocycles. The largest absolute Gasteiger partial charge is 0.368 e. The number of benzene rings is 1. The summed E-state index contributed by atoms with van der Waals surface area (Å²) < 4.78 is 17.0. The van der Waals surface area contributed by atoms with Crippen molar-refractivity contribution in [2.45, 2.75) is 19.4 Å². The van der Waals surface area contributed by atoms with E-state index >= 15 is 0 Å². The zero-order valence-electron chi connectivity index (χ0n) is 16.5. The van der Waals surface area contributed by atoms with E-state index in [0.717, 1.165) is 0 Å². The van der Waals surface area contributed by atoms with Gasteiger partial charge in [0.2, 0.25) is 5.95 Å². The Labute approximate surface area is 175 Å². The number of aryl methyl sites for hydroxylation is 1. The van der Waals surface area contributed by atoms with Crippen LogP contribution in [-0.2, 0) is 0 Å². The SMILES string of the molecule is Cc1nc(N)nc(N2CC[C@H]2c2nn3ccc(F)c3c(=O)n2-c2ccccc2)c1C#N. The van der Waals surface area contributed by atoms with Gasteiger partial charge in [0.1, 0.15) is 11.6 Å². The van der Waals surface area contributed by atoms with E-state index in [0.29, 0.717) is 41.6 Å². The number of anilines is 2. The van der Waals surface area contributed by atoms with Crippen molar-refractivity contribution in [3.05, 3.63) is 75.8 Å². The van der Waals surface area contributed by atoms with E-state index in [-0.39, 0.29) is 17.5 Å². The predicted octanol–water partition coefficient (Wildman–Crippen LogP) is 2.13. The highest BCUT2D eigenvalue weighted by molar-refractivity contribution is 5.60. The second-order valence-corrected chi connectivity index (χ2v) is 7.27. The maximum atomic E-state index is 14.3. The van der Waals surface area contributed by atoms with Gasteiger partial charge in [-0.3, -0.25) is 9.36 Å². The zero-order valence-corrected chi connectivity index (χ0v) is 16.5. The molecule has 1 aromatic carbocycles. The Balaban J connectivity index is 1.73. The summed E-state index contributed by atoms with van der Waals surface area (Å²) in [5.41, 5.74) is 6.57. The first-order valence-electron chi connectivity index (χ1n) is 9.65. The van der Waals surface area contributed by atoms with Crippen LogP contribution in [0.25, 0.3) is 11.2 Å². The topological polar surface area (TPSA) is 118 Å². The van der Waals surface area contributed by atoms with E-state index in [1.807, 2.05) is 11.0 Å². The summed E-state index contributed by atoms with van der Waals surface area (Å²) >= 11 is 0. The van der Waals surface area contributed by atoms with Crippen molar-refractivity contribution >= 4 is 17.3 Å². The molecule has 0 saturated carbocycles. The Hall–Kier alpha value is -4.26.